The molecule has 1 N–H and O–H groups in total. The molecule has 0 aliphatic heterocycles. The number of nitro benzene ring substituents is 1. The number of carbonyl (C=O) groups excluding carboxylic acids is 1. The van der Waals surface area contributed by atoms with E-state index in [1.165, 1.54) is 0 Å². The Morgan fingerprint density at radius 2 is 1.55 bits per heavy atom. The van der Waals surface area contributed by atoms with Gasteiger partial charge in [0.25, 0.3) is 0 Å². The van der Waals surface area contributed by atoms with Crippen LogP contribution in [0.15, 0.2) is 69.9 Å². The second kappa shape index (κ2) is 7.53. The lowest BCUT2D eigenvalue weighted by Gasteiger charge is -2.11. The second-order valence-electron chi connectivity index (χ2n) is 7.29. The quantitative estimate of drug-likeness (QED) is 0.288. The number of phenolic OH excluding ortho intramolecular Hbond substituents is 1. The predicted octanol–water partition coefficient (Wildman–Crippen LogP) is 4.92. The number of aromatic hydroxyl groups is 1. The van der Waals surface area contributed by atoms with Gasteiger partial charge < -0.3 is 9.52 Å². The summed E-state index contributed by atoms with van der Waals surface area (Å²) in [7, 11) is 0. The minimum Gasteiger partial charge on any atom is -0.502 e. The number of hydrogen-bond acceptors (Lipinski definition) is 6. The topological polar surface area (TPSA) is 111 Å². The van der Waals surface area contributed by atoms with Crippen molar-refractivity contribution in [2.45, 2.75) is 13.8 Å². The van der Waals surface area contributed by atoms with Gasteiger partial charge in [-0.15, -0.1) is 0 Å². The van der Waals surface area contributed by atoms with Crippen LogP contribution < -0.4 is 5.43 Å². The van der Waals surface area contributed by atoms with Crippen molar-refractivity contribution >= 4 is 22.4 Å². The lowest BCUT2D eigenvalue weighted by Crippen LogP contribution is -2.18. The normalized spacial score (nSPS) is 10.9. The Hall–Kier alpha value is -4.26. The maximum atomic E-state index is 13.4. The van der Waals surface area contributed by atoms with Gasteiger partial charge in [0.05, 0.1) is 10.3 Å². The zero-order valence-electron chi connectivity index (χ0n) is 16.7. The molecule has 0 fully saturated rings. The van der Waals surface area contributed by atoms with Crippen molar-refractivity contribution in [1.29, 1.82) is 0 Å². The Balaban J connectivity index is 2.06. The number of hydrogen-bond donors (Lipinski definition) is 1. The number of aryl methyl sites for hydroxylation is 2. The van der Waals surface area contributed by atoms with Crippen molar-refractivity contribution in [3.8, 4) is 17.1 Å². The molecule has 4 aromatic rings. The standard InChI is InChI=1S/C24H17NO6/c1-13-3-7-15(8-4-13)22(27)21-23(28)17-11-18(25(29)30)19(26)12-20(17)31-24(21)16-9-5-14(2)6-10-16/h3-12,26H,1-2H3. The largest absolute Gasteiger partial charge is 0.502 e. The van der Waals surface area contributed by atoms with Gasteiger partial charge in [-0.25, -0.2) is 0 Å². The molecule has 0 saturated carbocycles. The molecule has 1 aromatic heterocycles. The van der Waals surface area contributed by atoms with E-state index < -0.39 is 27.6 Å². The fraction of sp³-hybridized carbons (Fsp3) is 0.0833. The van der Waals surface area contributed by atoms with Crippen LogP contribution in [-0.2, 0) is 0 Å². The number of nitro groups is 1. The van der Waals surface area contributed by atoms with Crippen molar-refractivity contribution in [2.75, 3.05) is 0 Å². The fourth-order valence-corrected chi connectivity index (χ4v) is 3.33. The molecule has 31 heavy (non-hydrogen) atoms. The van der Waals surface area contributed by atoms with Gasteiger partial charge in [-0.05, 0) is 13.8 Å². The van der Waals surface area contributed by atoms with Gasteiger partial charge in [-0.2, -0.15) is 0 Å². The molecule has 4 rings (SSSR count). The summed E-state index contributed by atoms with van der Waals surface area (Å²) in [6, 6.07) is 15.7. The predicted molar refractivity (Wildman–Crippen MR) is 116 cm³/mol. The monoisotopic (exact) mass is 415 g/mol. The molecular weight excluding hydrogens is 398 g/mol. The van der Waals surface area contributed by atoms with Crippen LogP contribution in [-0.4, -0.2) is 15.8 Å². The summed E-state index contributed by atoms with van der Waals surface area (Å²) in [6.45, 7) is 3.78. The highest BCUT2D eigenvalue weighted by Gasteiger charge is 2.26. The van der Waals surface area contributed by atoms with Crippen molar-refractivity contribution < 1.29 is 19.2 Å². The molecule has 7 heteroatoms. The molecule has 0 atom stereocenters. The molecule has 0 aliphatic rings. The van der Waals surface area contributed by atoms with Crippen molar-refractivity contribution in [3.05, 3.63) is 103 Å². The zero-order valence-corrected chi connectivity index (χ0v) is 16.7. The Bertz CT molecular complexity index is 1400. The van der Waals surface area contributed by atoms with E-state index in [0.29, 0.717) is 11.1 Å². The highest BCUT2D eigenvalue weighted by atomic mass is 16.6. The molecule has 0 amide bonds. The molecule has 0 bridgehead atoms. The van der Waals surface area contributed by atoms with Crippen LogP contribution in [0.25, 0.3) is 22.3 Å². The highest BCUT2D eigenvalue weighted by Crippen LogP contribution is 2.34. The molecule has 3 aromatic carbocycles. The molecule has 154 valence electrons. The van der Waals surface area contributed by atoms with Crippen LogP contribution in [0.3, 0.4) is 0 Å². The average molecular weight is 415 g/mol. The zero-order chi connectivity index (χ0) is 22.3. The van der Waals surface area contributed by atoms with Crippen LogP contribution >= 0.6 is 0 Å². The fourth-order valence-electron chi connectivity index (χ4n) is 3.33. The number of carbonyl (C=O) groups is 1. The summed E-state index contributed by atoms with van der Waals surface area (Å²) in [5.74, 6) is -1.15. The number of phenols is 1. The minimum absolute atomic E-state index is 0.0383. The molecule has 0 unspecified atom stereocenters. The third kappa shape index (κ3) is 3.57. The number of benzene rings is 3. The van der Waals surface area contributed by atoms with Crippen LogP contribution in [0.4, 0.5) is 5.69 Å². The Labute approximate surface area is 176 Å². The number of nitrogens with zero attached hydrogens (tertiary/aromatic N) is 1. The smallest absolute Gasteiger partial charge is 0.311 e. The van der Waals surface area contributed by atoms with E-state index in [2.05, 4.69) is 0 Å². The Morgan fingerprint density at radius 1 is 0.968 bits per heavy atom. The summed E-state index contributed by atoms with van der Waals surface area (Å²) < 4.78 is 5.88. The lowest BCUT2D eigenvalue weighted by molar-refractivity contribution is -0.385. The van der Waals surface area contributed by atoms with Gasteiger partial charge in [-0.1, -0.05) is 59.7 Å². The van der Waals surface area contributed by atoms with E-state index >= 15 is 0 Å². The van der Waals surface area contributed by atoms with E-state index in [1.807, 2.05) is 26.0 Å². The van der Waals surface area contributed by atoms with Gasteiger partial charge in [0.2, 0.25) is 11.2 Å². The number of fused-ring (bicyclic) bond motifs is 1. The summed E-state index contributed by atoms with van der Waals surface area (Å²) in [4.78, 5) is 37.1. The van der Waals surface area contributed by atoms with E-state index in [4.69, 9.17) is 4.42 Å². The molecule has 0 radical (unpaired) electrons. The third-order valence-electron chi connectivity index (χ3n) is 5.04. The van der Waals surface area contributed by atoms with Crippen molar-refractivity contribution in [3.63, 3.8) is 0 Å². The van der Waals surface area contributed by atoms with Gasteiger partial charge in [0.1, 0.15) is 16.9 Å². The van der Waals surface area contributed by atoms with Crippen LogP contribution in [0.2, 0.25) is 0 Å². The first-order chi connectivity index (χ1) is 14.8. The van der Waals surface area contributed by atoms with Crippen LogP contribution in [0.5, 0.6) is 5.75 Å². The Morgan fingerprint density at radius 3 is 2.13 bits per heavy atom. The molecule has 0 spiro atoms. The van der Waals surface area contributed by atoms with Gasteiger partial charge >= 0.3 is 5.69 Å². The minimum atomic E-state index is -0.802. The lowest BCUT2D eigenvalue weighted by atomic mass is 9.96. The third-order valence-corrected chi connectivity index (χ3v) is 5.04. The first kappa shape index (κ1) is 20.0. The molecule has 0 aliphatic carbocycles. The van der Waals surface area contributed by atoms with Crippen molar-refractivity contribution in [1.82, 2.24) is 0 Å². The summed E-state index contributed by atoms with van der Waals surface area (Å²) in [6.07, 6.45) is 0. The first-order valence-corrected chi connectivity index (χ1v) is 9.43. The van der Waals surface area contributed by atoms with Crippen LogP contribution in [0, 0.1) is 24.0 Å². The molecule has 1 heterocycles. The second-order valence-corrected chi connectivity index (χ2v) is 7.29. The van der Waals surface area contributed by atoms with Gasteiger partial charge in [0.15, 0.2) is 5.75 Å². The highest BCUT2D eigenvalue weighted by molar-refractivity contribution is 6.13. The van der Waals surface area contributed by atoms with Crippen LogP contribution in [0.1, 0.15) is 27.0 Å². The van der Waals surface area contributed by atoms with Crippen molar-refractivity contribution in [2.24, 2.45) is 0 Å². The molecule has 0 saturated heterocycles. The molecular formula is C24H17NO6. The van der Waals surface area contributed by atoms with Gasteiger partial charge in [0, 0.05) is 23.3 Å². The van der Waals surface area contributed by atoms with E-state index in [0.717, 1.165) is 23.3 Å². The SMILES string of the molecule is Cc1ccc(C(=O)c2c(-c3ccc(C)cc3)oc3cc(O)c([N+](=O)[O-])cc3c2=O)cc1. The summed E-state index contributed by atoms with van der Waals surface area (Å²) >= 11 is 0. The summed E-state index contributed by atoms with van der Waals surface area (Å²) in [5.41, 5.74) is 1.10. The van der Waals surface area contributed by atoms with E-state index in [1.54, 1.807) is 36.4 Å². The van der Waals surface area contributed by atoms with E-state index in [9.17, 15) is 24.8 Å². The maximum absolute atomic E-state index is 13.4. The molecule has 7 nitrogen and oxygen atoms in total. The number of rotatable bonds is 4. The van der Waals surface area contributed by atoms with E-state index in [-0.39, 0.29) is 22.3 Å². The average Bonchev–Trinajstić information content (AvgIpc) is 2.73. The van der Waals surface area contributed by atoms with Gasteiger partial charge in [-0.3, -0.25) is 19.7 Å². The summed E-state index contributed by atoms with van der Waals surface area (Å²) in [5, 5.41) is 21.0. The number of ketones is 1. The maximum Gasteiger partial charge on any atom is 0.311 e. The Kier molecular flexibility index (Phi) is 4.87. The first-order valence-electron chi connectivity index (χ1n) is 9.43.